The molecular weight excluding hydrogens is 414 g/mol. The van der Waals surface area contributed by atoms with E-state index in [-0.39, 0.29) is 12.4 Å². The number of nitrogen functional groups attached to an aromatic ring is 1. The van der Waals surface area contributed by atoms with Gasteiger partial charge in [-0.3, -0.25) is 0 Å². The Hall–Kier alpha value is -2.70. The molecule has 1 saturated heterocycles. The van der Waals surface area contributed by atoms with Gasteiger partial charge >= 0.3 is 0 Å². The highest BCUT2D eigenvalue weighted by Crippen LogP contribution is 2.30. The summed E-state index contributed by atoms with van der Waals surface area (Å²) in [6.07, 6.45) is 4.88. The van der Waals surface area contributed by atoms with Crippen LogP contribution in [-0.2, 0) is 6.42 Å². The molecule has 0 atom stereocenters. The first-order valence-electron chi connectivity index (χ1n) is 9.99. The van der Waals surface area contributed by atoms with Crippen LogP contribution in [0.2, 0.25) is 0 Å². The number of hydrogen-bond acceptors (Lipinski definition) is 6. The van der Waals surface area contributed by atoms with Crippen molar-refractivity contribution in [3.63, 3.8) is 0 Å². The molecule has 3 heterocycles. The van der Waals surface area contributed by atoms with Gasteiger partial charge in [0.1, 0.15) is 0 Å². The number of benzene rings is 2. The van der Waals surface area contributed by atoms with Gasteiger partial charge in [0.15, 0.2) is 0 Å². The van der Waals surface area contributed by atoms with E-state index in [1.807, 2.05) is 29.9 Å². The molecule has 1 aliphatic heterocycles. The summed E-state index contributed by atoms with van der Waals surface area (Å²) < 4.78 is 1.22. The average molecular weight is 438 g/mol. The second kappa shape index (κ2) is 8.98. The summed E-state index contributed by atoms with van der Waals surface area (Å²) in [5, 5.41) is 0. The predicted octanol–water partition coefficient (Wildman–Crippen LogP) is 5.07. The number of anilines is 2. The van der Waals surface area contributed by atoms with Gasteiger partial charge in [-0.05, 0) is 60.2 Å². The molecule has 5 rings (SSSR count). The molecule has 0 spiro atoms. The Morgan fingerprint density at radius 3 is 2.73 bits per heavy atom. The normalized spacial score (nSPS) is 14.6. The summed E-state index contributed by atoms with van der Waals surface area (Å²) >= 11 is 1.68. The molecule has 2 N–H and O–H groups in total. The zero-order valence-corrected chi connectivity index (χ0v) is 18.2. The average Bonchev–Trinajstić information content (AvgIpc) is 3.22. The van der Waals surface area contributed by atoms with E-state index < -0.39 is 0 Å². The van der Waals surface area contributed by atoms with E-state index >= 15 is 0 Å². The number of halogens is 1. The molecule has 4 aromatic rings. The maximum atomic E-state index is 5.95. The molecule has 0 bridgehead atoms. The van der Waals surface area contributed by atoms with Crippen molar-refractivity contribution < 1.29 is 0 Å². The molecule has 5 nitrogen and oxygen atoms in total. The van der Waals surface area contributed by atoms with Crippen molar-refractivity contribution in [3.8, 4) is 0 Å². The van der Waals surface area contributed by atoms with Gasteiger partial charge in [-0.2, -0.15) is 0 Å². The number of rotatable bonds is 4. The van der Waals surface area contributed by atoms with Crippen molar-refractivity contribution in [1.29, 1.82) is 0 Å². The molecule has 1 aliphatic rings. The molecule has 154 valence electrons. The van der Waals surface area contributed by atoms with Crippen LogP contribution in [0.5, 0.6) is 0 Å². The summed E-state index contributed by atoms with van der Waals surface area (Å²) in [5.74, 6) is 1.40. The Labute approximate surface area is 186 Å². The summed E-state index contributed by atoms with van der Waals surface area (Å²) in [6, 6.07) is 16.8. The molecule has 7 heteroatoms. The summed E-state index contributed by atoms with van der Waals surface area (Å²) in [6.45, 7) is 1.94. The fraction of sp³-hybridized carbons (Fsp3) is 0.261. The monoisotopic (exact) mass is 437 g/mol. The number of nitrogens with two attached hydrogens (primary N) is 1. The van der Waals surface area contributed by atoms with Gasteiger partial charge in [-0.15, -0.1) is 23.7 Å². The van der Waals surface area contributed by atoms with Crippen molar-refractivity contribution >= 4 is 45.6 Å². The largest absolute Gasteiger partial charge is 0.399 e. The smallest absolute Gasteiger partial charge is 0.225 e. The molecule has 0 saturated carbocycles. The van der Waals surface area contributed by atoms with Crippen LogP contribution in [0.3, 0.4) is 0 Å². The van der Waals surface area contributed by atoms with E-state index in [4.69, 9.17) is 10.7 Å². The number of piperidine rings is 1. The van der Waals surface area contributed by atoms with Crippen molar-refractivity contribution in [3.05, 3.63) is 77.1 Å². The van der Waals surface area contributed by atoms with Crippen molar-refractivity contribution in [2.24, 2.45) is 0 Å². The number of thiazole rings is 1. The third-order valence-electron chi connectivity index (χ3n) is 5.64. The second-order valence-corrected chi connectivity index (χ2v) is 8.50. The molecular formula is C23H24ClN5S. The van der Waals surface area contributed by atoms with Crippen molar-refractivity contribution in [2.75, 3.05) is 23.7 Å². The van der Waals surface area contributed by atoms with E-state index in [9.17, 15) is 0 Å². The van der Waals surface area contributed by atoms with E-state index in [1.165, 1.54) is 15.8 Å². The van der Waals surface area contributed by atoms with E-state index in [2.05, 4.69) is 45.2 Å². The number of hydrogen-bond donors (Lipinski definition) is 1. The molecule has 0 amide bonds. The van der Waals surface area contributed by atoms with Gasteiger partial charge in [-0.25, -0.2) is 15.0 Å². The molecule has 2 aromatic heterocycles. The third kappa shape index (κ3) is 4.40. The lowest BCUT2D eigenvalue weighted by atomic mass is 9.89. The van der Waals surface area contributed by atoms with Gasteiger partial charge in [-0.1, -0.05) is 18.2 Å². The van der Waals surface area contributed by atoms with E-state index in [0.29, 0.717) is 5.92 Å². The first kappa shape index (κ1) is 20.6. The molecule has 2 aromatic carbocycles. The van der Waals surface area contributed by atoms with Crippen LogP contribution in [0.4, 0.5) is 11.6 Å². The number of aromatic nitrogens is 3. The molecule has 0 radical (unpaired) electrons. The topological polar surface area (TPSA) is 67.9 Å². The maximum Gasteiger partial charge on any atom is 0.225 e. The quantitative estimate of drug-likeness (QED) is 0.451. The number of nitrogens with zero attached hydrogens (tertiary/aromatic N) is 4. The highest BCUT2D eigenvalue weighted by atomic mass is 35.5. The highest BCUT2D eigenvalue weighted by Gasteiger charge is 2.22. The fourth-order valence-electron chi connectivity index (χ4n) is 4.08. The minimum Gasteiger partial charge on any atom is -0.399 e. The second-order valence-electron chi connectivity index (χ2n) is 7.61. The molecule has 0 unspecified atom stereocenters. The molecule has 1 fully saturated rings. The lowest BCUT2D eigenvalue weighted by Crippen LogP contribution is -2.34. The fourth-order valence-corrected chi connectivity index (χ4v) is 4.82. The summed E-state index contributed by atoms with van der Waals surface area (Å²) in [5.41, 5.74) is 13.4. The lowest BCUT2D eigenvalue weighted by molar-refractivity contribution is 0.499. The van der Waals surface area contributed by atoms with E-state index in [1.54, 1.807) is 11.3 Å². The molecule has 30 heavy (non-hydrogen) atoms. The van der Waals surface area contributed by atoms with Crippen LogP contribution in [-0.4, -0.2) is 28.0 Å². The first-order chi connectivity index (χ1) is 14.2. The third-order valence-corrected chi connectivity index (χ3v) is 6.43. The number of fused-ring (bicyclic) bond motifs is 1. The Bertz CT molecular complexity index is 1140. The Morgan fingerprint density at radius 2 is 1.90 bits per heavy atom. The summed E-state index contributed by atoms with van der Waals surface area (Å²) in [4.78, 5) is 16.1. The SMILES string of the molecule is Cl.Nc1cccc(C2CCN(c3nccc(Cc4ccc5ncsc5c4)n3)CC2)c1. The van der Waals surface area contributed by atoms with Crippen LogP contribution in [0.15, 0.2) is 60.2 Å². The van der Waals surface area contributed by atoms with Crippen LogP contribution >= 0.6 is 23.7 Å². The van der Waals surface area contributed by atoms with Crippen molar-refractivity contribution in [2.45, 2.75) is 25.2 Å². The van der Waals surface area contributed by atoms with Crippen LogP contribution in [0, 0.1) is 0 Å². The zero-order chi connectivity index (χ0) is 19.6. The van der Waals surface area contributed by atoms with Gasteiger partial charge in [0.25, 0.3) is 0 Å². The maximum absolute atomic E-state index is 5.95. The minimum absolute atomic E-state index is 0. The van der Waals surface area contributed by atoms with Crippen LogP contribution in [0.25, 0.3) is 10.2 Å². The van der Waals surface area contributed by atoms with E-state index in [0.717, 1.165) is 55.2 Å². The molecule has 0 aliphatic carbocycles. The first-order valence-corrected chi connectivity index (χ1v) is 10.9. The Morgan fingerprint density at radius 1 is 1.03 bits per heavy atom. The highest BCUT2D eigenvalue weighted by molar-refractivity contribution is 7.16. The van der Waals surface area contributed by atoms with Crippen LogP contribution < -0.4 is 10.6 Å². The lowest BCUT2D eigenvalue weighted by Gasteiger charge is -2.32. The van der Waals surface area contributed by atoms with Gasteiger partial charge in [0.05, 0.1) is 21.4 Å². The van der Waals surface area contributed by atoms with Gasteiger partial charge < -0.3 is 10.6 Å². The Balaban J connectivity index is 0.00000218. The van der Waals surface area contributed by atoms with Crippen LogP contribution in [0.1, 0.15) is 35.6 Å². The zero-order valence-electron chi connectivity index (χ0n) is 16.6. The minimum atomic E-state index is 0. The summed E-state index contributed by atoms with van der Waals surface area (Å²) in [7, 11) is 0. The standard InChI is InChI=1S/C23H23N5S.ClH/c24-19-3-1-2-18(14-19)17-7-10-28(11-8-17)23-25-9-6-20(27-23)12-16-4-5-21-22(13-16)29-15-26-21;/h1-6,9,13-15,17H,7-8,10-12,24H2;1H. The van der Waals surface area contributed by atoms with Gasteiger partial charge in [0.2, 0.25) is 5.95 Å². The Kier molecular flexibility index (Phi) is 6.16. The van der Waals surface area contributed by atoms with Crippen molar-refractivity contribution in [1.82, 2.24) is 15.0 Å². The predicted molar refractivity (Wildman–Crippen MR) is 127 cm³/mol. The van der Waals surface area contributed by atoms with Gasteiger partial charge in [0, 0.05) is 31.4 Å².